The summed E-state index contributed by atoms with van der Waals surface area (Å²) in [6.07, 6.45) is 0. The Morgan fingerprint density at radius 2 is 0.862 bits per heavy atom. The molecule has 2 nitrogen and oxygen atoms in total. The van der Waals surface area contributed by atoms with Crippen molar-refractivity contribution in [2.24, 2.45) is 0 Å². The number of fused-ring (bicyclic) bond motifs is 5. The van der Waals surface area contributed by atoms with Crippen LogP contribution in [0.15, 0.2) is 231 Å². The van der Waals surface area contributed by atoms with Crippen LogP contribution in [0.4, 0.5) is 17.1 Å². The second-order valence-electron chi connectivity index (χ2n) is 14.9. The van der Waals surface area contributed by atoms with Crippen molar-refractivity contribution in [1.29, 1.82) is 0 Å². The number of anilines is 3. The van der Waals surface area contributed by atoms with Crippen LogP contribution in [0, 0.1) is 0 Å². The van der Waals surface area contributed by atoms with Gasteiger partial charge < -0.3 is 9.47 Å². The van der Waals surface area contributed by atoms with E-state index in [4.69, 9.17) is 0 Å². The lowest BCUT2D eigenvalue weighted by Crippen LogP contribution is -2.11. The Kier molecular flexibility index (Phi) is 8.19. The number of rotatable bonds is 7. The lowest BCUT2D eigenvalue weighted by molar-refractivity contribution is 1.18. The highest BCUT2D eigenvalue weighted by Gasteiger charge is 2.22. The zero-order valence-corrected chi connectivity index (χ0v) is 31.8. The largest absolute Gasteiger partial charge is 0.310 e. The number of para-hydroxylation sites is 3. The Bertz CT molecular complexity index is 3260. The number of aromatic nitrogens is 1. The summed E-state index contributed by atoms with van der Waals surface area (Å²) in [5.41, 5.74) is 14.0. The van der Waals surface area contributed by atoms with Crippen molar-refractivity contribution >= 4 is 60.4 Å². The standard InChI is InChI=1S/C56H38N2/c1-3-16-40(17-4-1)48-28-14-20-42-21-15-29-51(56(42)48)49-25-9-11-30-53(49)57(44-34-32-41(33-35-44)47-27-13-19-39-18-7-8-24-46(39)47)45-36-37-55-52(38-45)50-26-10-12-31-54(50)58(55)43-22-5-2-6-23-43/h1-38H. The van der Waals surface area contributed by atoms with Gasteiger partial charge in [-0.15, -0.1) is 0 Å². The average Bonchev–Trinajstić information content (AvgIpc) is 3.63. The summed E-state index contributed by atoms with van der Waals surface area (Å²) in [5.74, 6) is 0. The summed E-state index contributed by atoms with van der Waals surface area (Å²) < 4.78 is 2.38. The molecule has 10 aromatic carbocycles. The molecular formula is C56H38N2. The highest BCUT2D eigenvalue weighted by atomic mass is 15.1. The molecule has 0 atom stereocenters. The van der Waals surface area contributed by atoms with Crippen LogP contribution in [0.3, 0.4) is 0 Å². The van der Waals surface area contributed by atoms with E-state index in [1.165, 1.54) is 76.7 Å². The number of nitrogens with zero attached hydrogens (tertiary/aromatic N) is 2. The minimum atomic E-state index is 1.09. The molecule has 11 rings (SSSR count). The van der Waals surface area contributed by atoms with Gasteiger partial charge in [0.15, 0.2) is 0 Å². The van der Waals surface area contributed by atoms with Crippen LogP contribution in [0.25, 0.3) is 82.4 Å². The number of hydrogen-bond donors (Lipinski definition) is 0. The van der Waals surface area contributed by atoms with Crippen LogP contribution in [-0.2, 0) is 0 Å². The molecule has 0 spiro atoms. The van der Waals surface area contributed by atoms with Gasteiger partial charge in [-0.3, -0.25) is 0 Å². The molecule has 272 valence electrons. The molecule has 0 aliphatic rings. The van der Waals surface area contributed by atoms with Crippen molar-refractivity contribution in [3.05, 3.63) is 231 Å². The summed E-state index contributed by atoms with van der Waals surface area (Å²) in [6, 6.07) is 83.7. The van der Waals surface area contributed by atoms with Crippen molar-refractivity contribution in [3.8, 4) is 39.1 Å². The highest BCUT2D eigenvalue weighted by Crippen LogP contribution is 2.46. The molecule has 1 heterocycles. The molecule has 1 aromatic heterocycles. The minimum Gasteiger partial charge on any atom is -0.310 e. The lowest BCUT2D eigenvalue weighted by atomic mass is 9.90. The Balaban J connectivity index is 1.15. The van der Waals surface area contributed by atoms with Crippen molar-refractivity contribution in [3.63, 3.8) is 0 Å². The smallest absolute Gasteiger partial charge is 0.0542 e. The van der Waals surface area contributed by atoms with E-state index in [9.17, 15) is 0 Å². The molecule has 0 aliphatic heterocycles. The molecule has 0 bridgehead atoms. The monoisotopic (exact) mass is 738 g/mol. The predicted octanol–water partition coefficient (Wildman–Crippen LogP) is 15.6. The van der Waals surface area contributed by atoms with Crippen molar-refractivity contribution < 1.29 is 0 Å². The Hall–Kier alpha value is -7.68. The fourth-order valence-electron chi connectivity index (χ4n) is 8.97. The number of hydrogen-bond acceptors (Lipinski definition) is 1. The first-order chi connectivity index (χ1) is 28.8. The Morgan fingerprint density at radius 1 is 0.310 bits per heavy atom. The van der Waals surface area contributed by atoms with Crippen molar-refractivity contribution in [2.75, 3.05) is 4.90 Å². The van der Waals surface area contributed by atoms with Crippen LogP contribution in [0.2, 0.25) is 0 Å². The first-order valence-corrected chi connectivity index (χ1v) is 19.9. The normalized spacial score (nSPS) is 11.4. The van der Waals surface area contributed by atoms with Crippen LogP contribution >= 0.6 is 0 Å². The molecule has 0 unspecified atom stereocenters. The van der Waals surface area contributed by atoms with Crippen LogP contribution in [-0.4, -0.2) is 4.57 Å². The van der Waals surface area contributed by atoms with Gasteiger partial charge in [0.25, 0.3) is 0 Å². The summed E-state index contributed by atoms with van der Waals surface area (Å²) >= 11 is 0. The van der Waals surface area contributed by atoms with Crippen molar-refractivity contribution in [1.82, 2.24) is 4.57 Å². The van der Waals surface area contributed by atoms with E-state index in [1.54, 1.807) is 0 Å². The van der Waals surface area contributed by atoms with Crippen LogP contribution < -0.4 is 4.90 Å². The molecule has 0 N–H and O–H groups in total. The molecule has 58 heavy (non-hydrogen) atoms. The SMILES string of the molecule is c1ccc(-c2cccc3cccc(-c4ccccc4N(c4ccc(-c5cccc6ccccc56)cc4)c4ccc5c(c4)c4ccccc4n5-c4ccccc4)c23)cc1. The lowest BCUT2D eigenvalue weighted by Gasteiger charge is -2.29. The van der Waals surface area contributed by atoms with Crippen LogP contribution in [0.1, 0.15) is 0 Å². The molecule has 0 amide bonds. The van der Waals surface area contributed by atoms with E-state index in [0.717, 1.165) is 22.7 Å². The summed E-state index contributed by atoms with van der Waals surface area (Å²) in [6.45, 7) is 0. The summed E-state index contributed by atoms with van der Waals surface area (Å²) in [4.78, 5) is 2.44. The predicted molar refractivity (Wildman–Crippen MR) is 247 cm³/mol. The minimum absolute atomic E-state index is 1.09. The van der Waals surface area contributed by atoms with Gasteiger partial charge in [-0.05, 0) is 104 Å². The molecule has 0 radical (unpaired) electrons. The highest BCUT2D eigenvalue weighted by molar-refractivity contribution is 6.12. The number of benzene rings is 10. The molecule has 11 aromatic rings. The zero-order valence-electron chi connectivity index (χ0n) is 31.8. The maximum atomic E-state index is 2.44. The fourth-order valence-corrected chi connectivity index (χ4v) is 8.97. The third-order valence-electron chi connectivity index (χ3n) is 11.6. The van der Waals surface area contributed by atoms with Gasteiger partial charge >= 0.3 is 0 Å². The van der Waals surface area contributed by atoms with Gasteiger partial charge in [-0.2, -0.15) is 0 Å². The Morgan fingerprint density at radius 3 is 1.67 bits per heavy atom. The molecule has 0 saturated carbocycles. The third-order valence-corrected chi connectivity index (χ3v) is 11.6. The van der Waals surface area contributed by atoms with Crippen molar-refractivity contribution in [2.45, 2.75) is 0 Å². The molecule has 2 heteroatoms. The summed E-state index contributed by atoms with van der Waals surface area (Å²) in [7, 11) is 0. The quantitative estimate of drug-likeness (QED) is 0.158. The van der Waals surface area contributed by atoms with E-state index in [-0.39, 0.29) is 0 Å². The molecule has 0 fully saturated rings. The third kappa shape index (κ3) is 5.66. The van der Waals surface area contributed by atoms with Gasteiger partial charge in [0.2, 0.25) is 0 Å². The van der Waals surface area contributed by atoms with Gasteiger partial charge in [0, 0.05) is 33.4 Å². The van der Waals surface area contributed by atoms with E-state index in [1.807, 2.05) is 0 Å². The van der Waals surface area contributed by atoms with Crippen LogP contribution in [0.5, 0.6) is 0 Å². The van der Waals surface area contributed by atoms with Gasteiger partial charge in [0.05, 0.1) is 16.7 Å². The van der Waals surface area contributed by atoms with Gasteiger partial charge in [-0.1, -0.05) is 176 Å². The van der Waals surface area contributed by atoms with Gasteiger partial charge in [-0.25, -0.2) is 0 Å². The second-order valence-corrected chi connectivity index (χ2v) is 14.9. The first-order valence-electron chi connectivity index (χ1n) is 19.9. The fraction of sp³-hybridized carbons (Fsp3) is 0. The van der Waals surface area contributed by atoms with E-state index in [0.29, 0.717) is 0 Å². The topological polar surface area (TPSA) is 8.17 Å². The Labute approximate surface area is 338 Å². The second kappa shape index (κ2) is 14.1. The summed E-state index contributed by atoms with van der Waals surface area (Å²) in [5, 5.41) is 7.40. The molecule has 0 saturated heterocycles. The van der Waals surface area contributed by atoms with Gasteiger partial charge in [0.1, 0.15) is 0 Å². The van der Waals surface area contributed by atoms with E-state index >= 15 is 0 Å². The maximum absolute atomic E-state index is 2.44. The molecule has 0 aliphatic carbocycles. The van der Waals surface area contributed by atoms with E-state index < -0.39 is 0 Å². The first kappa shape index (κ1) is 33.6. The average molecular weight is 739 g/mol. The zero-order chi connectivity index (χ0) is 38.4. The van der Waals surface area contributed by atoms with E-state index in [2.05, 4.69) is 240 Å². The maximum Gasteiger partial charge on any atom is 0.0542 e. The molecular weight excluding hydrogens is 701 g/mol.